The van der Waals surface area contributed by atoms with Crippen molar-refractivity contribution < 1.29 is 17.9 Å². The van der Waals surface area contributed by atoms with E-state index >= 15 is 0 Å². The summed E-state index contributed by atoms with van der Waals surface area (Å²) in [7, 11) is 0. The Morgan fingerprint density at radius 3 is 2.50 bits per heavy atom. The maximum Gasteiger partial charge on any atom is 0.573 e. The normalized spacial score (nSPS) is 11.6. The van der Waals surface area contributed by atoms with Gasteiger partial charge in [0.1, 0.15) is 5.75 Å². The molecule has 0 aromatic heterocycles. The summed E-state index contributed by atoms with van der Waals surface area (Å²) in [6.07, 6.45) is -3.51. The lowest BCUT2D eigenvalue weighted by Gasteiger charge is -2.10. The van der Waals surface area contributed by atoms with E-state index in [4.69, 9.17) is 23.2 Å². The van der Waals surface area contributed by atoms with Crippen LogP contribution in [0.15, 0.2) is 18.2 Å². The number of ether oxygens (including phenoxy) is 1. The Morgan fingerprint density at radius 1 is 1.25 bits per heavy atom. The van der Waals surface area contributed by atoms with Crippen LogP contribution in [0.2, 0.25) is 5.02 Å². The average molecular weight is 273 g/mol. The Labute approximate surface area is 101 Å². The second-order valence-electron chi connectivity index (χ2n) is 3.09. The Kier molecular flexibility index (Phi) is 4.74. The van der Waals surface area contributed by atoms with Gasteiger partial charge in [0.2, 0.25) is 0 Å². The minimum absolute atomic E-state index is 0.263. The summed E-state index contributed by atoms with van der Waals surface area (Å²) in [4.78, 5) is 0. The Balaban J connectivity index is 2.81. The zero-order valence-electron chi connectivity index (χ0n) is 8.15. The summed E-state index contributed by atoms with van der Waals surface area (Å²) < 4.78 is 39.6. The number of rotatable bonds is 4. The van der Waals surface area contributed by atoms with Crippen LogP contribution in [-0.2, 0) is 6.42 Å². The standard InChI is InChI=1S/C10H9Cl2F3O/c11-5-1-2-7-6-8(3-4-9(7)12)16-10(13,14)15/h3-4,6H,1-2,5H2. The van der Waals surface area contributed by atoms with Gasteiger partial charge in [-0.15, -0.1) is 24.8 Å². The van der Waals surface area contributed by atoms with Gasteiger partial charge in [0, 0.05) is 10.9 Å². The predicted molar refractivity (Wildman–Crippen MR) is 57.2 cm³/mol. The van der Waals surface area contributed by atoms with Gasteiger partial charge in [-0.1, -0.05) is 11.6 Å². The van der Waals surface area contributed by atoms with E-state index in [9.17, 15) is 13.2 Å². The maximum atomic E-state index is 11.9. The highest BCUT2D eigenvalue weighted by atomic mass is 35.5. The Morgan fingerprint density at radius 2 is 1.94 bits per heavy atom. The summed E-state index contributed by atoms with van der Waals surface area (Å²) in [6.45, 7) is 0. The molecule has 0 aliphatic heterocycles. The van der Waals surface area contributed by atoms with Crippen molar-refractivity contribution >= 4 is 23.2 Å². The maximum absolute atomic E-state index is 11.9. The Bertz CT molecular complexity index is 352. The molecule has 0 amide bonds. The van der Waals surface area contributed by atoms with Gasteiger partial charge in [-0.05, 0) is 36.6 Å². The predicted octanol–water partition coefficient (Wildman–Crippen LogP) is 4.41. The number of benzene rings is 1. The molecule has 0 heterocycles. The van der Waals surface area contributed by atoms with Crippen LogP contribution >= 0.6 is 23.2 Å². The Hall–Kier alpha value is -0.610. The first-order valence-electron chi connectivity index (χ1n) is 4.52. The number of aryl methyl sites for hydroxylation is 1. The van der Waals surface area contributed by atoms with Crippen molar-refractivity contribution in [2.24, 2.45) is 0 Å². The van der Waals surface area contributed by atoms with Crippen LogP contribution in [0.5, 0.6) is 5.75 Å². The molecule has 0 spiro atoms. The van der Waals surface area contributed by atoms with Crippen molar-refractivity contribution in [3.8, 4) is 5.75 Å². The van der Waals surface area contributed by atoms with Crippen LogP contribution in [-0.4, -0.2) is 12.2 Å². The van der Waals surface area contributed by atoms with Gasteiger partial charge in [0.15, 0.2) is 0 Å². The first-order valence-corrected chi connectivity index (χ1v) is 5.44. The van der Waals surface area contributed by atoms with E-state index in [1.54, 1.807) is 0 Å². The third kappa shape index (κ3) is 4.49. The van der Waals surface area contributed by atoms with Gasteiger partial charge >= 0.3 is 6.36 Å². The summed E-state index contributed by atoms with van der Waals surface area (Å²) in [5.41, 5.74) is 0.601. The van der Waals surface area contributed by atoms with Crippen LogP contribution in [0.3, 0.4) is 0 Å². The zero-order valence-corrected chi connectivity index (χ0v) is 9.66. The van der Waals surface area contributed by atoms with Crippen molar-refractivity contribution in [3.05, 3.63) is 28.8 Å². The monoisotopic (exact) mass is 272 g/mol. The minimum Gasteiger partial charge on any atom is -0.406 e. The number of hydrogen-bond acceptors (Lipinski definition) is 1. The second kappa shape index (κ2) is 5.64. The molecule has 0 fully saturated rings. The number of alkyl halides is 4. The average Bonchev–Trinajstić information content (AvgIpc) is 2.17. The SMILES string of the molecule is FC(F)(F)Oc1ccc(Cl)c(CCCCl)c1. The van der Waals surface area contributed by atoms with E-state index in [0.717, 1.165) is 0 Å². The second-order valence-corrected chi connectivity index (χ2v) is 3.88. The highest BCUT2D eigenvalue weighted by molar-refractivity contribution is 6.31. The largest absolute Gasteiger partial charge is 0.573 e. The molecule has 6 heteroatoms. The van der Waals surface area contributed by atoms with Crippen molar-refractivity contribution in [3.63, 3.8) is 0 Å². The fourth-order valence-corrected chi connectivity index (χ4v) is 1.54. The molecule has 0 saturated carbocycles. The first kappa shape index (κ1) is 13.5. The van der Waals surface area contributed by atoms with E-state index in [2.05, 4.69) is 4.74 Å². The van der Waals surface area contributed by atoms with Crippen LogP contribution in [0.4, 0.5) is 13.2 Å². The highest BCUT2D eigenvalue weighted by Crippen LogP contribution is 2.27. The van der Waals surface area contributed by atoms with Crippen molar-refractivity contribution in [1.29, 1.82) is 0 Å². The lowest BCUT2D eigenvalue weighted by Crippen LogP contribution is -2.17. The molecule has 1 aromatic rings. The van der Waals surface area contributed by atoms with E-state index < -0.39 is 6.36 Å². The van der Waals surface area contributed by atoms with Gasteiger partial charge in [-0.3, -0.25) is 0 Å². The molecule has 0 aliphatic carbocycles. The molecule has 0 saturated heterocycles. The van der Waals surface area contributed by atoms with E-state index in [0.29, 0.717) is 29.3 Å². The molecule has 1 nitrogen and oxygen atoms in total. The van der Waals surface area contributed by atoms with Crippen LogP contribution < -0.4 is 4.74 Å². The van der Waals surface area contributed by atoms with Gasteiger partial charge in [-0.2, -0.15) is 0 Å². The third-order valence-electron chi connectivity index (χ3n) is 1.83. The van der Waals surface area contributed by atoms with Crippen LogP contribution in [0.25, 0.3) is 0 Å². The van der Waals surface area contributed by atoms with Crippen LogP contribution in [0.1, 0.15) is 12.0 Å². The fourth-order valence-electron chi connectivity index (χ4n) is 1.20. The molecule has 0 atom stereocenters. The molecule has 90 valence electrons. The van der Waals surface area contributed by atoms with Crippen molar-refractivity contribution in [2.45, 2.75) is 19.2 Å². The number of hydrogen-bond donors (Lipinski definition) is 0. The minimum atomic E-state index is -4.68. The summed E-state index contributed by atoms with van der Waals surface area (Å²) in [6, 6.07) is 3.84. The quantitative estimate of drug-likeness (QED) is 0.738. The van der Waals surface area contributed by atoms with Gasteiger partial charge in [0.05, 0.1) is 0 Å². The zero-order chi connectivity index (χ0) is 12.2. The summed E-state index contributed by atoms with van der Waals surface area (Å²) in [5.74, 6) is 0.169. The molecule has 16 heavy (non-hydrogen) atoms. The lowest BCUT2D eigenvalue weighted by molar-refractivity contribution is -0.274. The van der Waals surface area contributed by atoms with Gasteiger partial charge in [0.25, 0.3) is 0 Å². The molecule has 1 rings (SSSR count). The third-order valence-corrected chi connectivity index (χ3v) is 2.47. The first-order chi connectivity index (χ1) is 7.42. The van der Waals surface area contributed by atoms with E-state index in [-0.39, 0.29) is 5.75 Å². The summed E-state index contributed by atoms with van der Waals surface area (Å²) >= 11 is 11.3. The molecule has 0 unspecified atom stereocenters. The van der Waals surface area contributed by atoms with Gasteiger partial charge < -0.3 is 4.74 Å². The summed E-state index contributed by atoms with van der Waals surface area (Å²) in [5, 5.41) is 0.416. The highest BCUT2D eigenvalue weighted by Gasteiger charge is 2.31. The number of halogens is 5. The van der Waals surface area contributed by atoms with E-state index in [1.807, 2.05) is 0 Å². The fraction of sp³-hybridized carbons (Fsp3) is 0.400. The molecule has 0 N–H and O–H groups in total. The smallest absolute Gasteiger partial charge is 0.406 e. The molecule has 1 aromatic carbocycles. The molecular weight excluding hydrogens is 264 g/mol. The van der Waals surface area contributed by atoms with Gasteiger partial charge in [-0.25, -0.2) is 0 Å². The lowest BCUT2D eigenvalue weighted by atomic mass is 10.1. The van der Waals surface area contributed by atoms with E-state index in [1.165, 1.54) is 18.2 Å². The topological polar surface area (TPSA) is 9.23 Å². The molecule has 0 bridgehead atoms. The molecule has 0 aliphatic rings. The van der Waals surface area contributed by atoms with Crippen molar-refractivity contribution in [2.75, 3.05) is 5.88 Å². The van der Waals surface area contributed by atoms with Crippen LogP contribution in [0, 0.1) is 0 Å². The van der Waals surface area contributed by atoms with Crippen molar-refractivity contribution in [1.82, 2.24) is 0 Å². The molecule has 0 radical (unpaired) electrons. The molecular formula is C10H9Cl2F3O.